The molecule has 0 saturated carbocycles. The van der Waals surface area contributed by atoms with Gasteiger partial charge in [-0.25, -0.2) is 4.79 Å². The molecule has 1 aromatic rings. The van der Waals surface area contributed by atoms with E-state index in [1.54, 1.807) is 18.4 Å². The summed E-state index contributed by atoms with van der Waals surface area (Å²) in [6.07, 6.45) is 4.91. The van der Waals surface area contributed by atoms with Gasteiger partial charge in [0.25, 0.3) is 0 Å². The maximum atomic E-state index is 12.0. The number of rotatable bonds is 1. The Hall–Kier alpha value is -1.45. The summed E-state index contributed by atoms with van der Waals surface area (Å²) in [6.45, 7) is 4.19. The molecule has 4 nitrogen and oxygen atoms in total. The van der Waals surface area contributed by atoms with Gasteiger partial charge in [0.05, 0.1) is 6.26 Å². The molecule has 2 rings (SSSR count). The maximum absolute atomic E-state index is 12.0. The van der Waals surface area contributed by atoms with Crippen molar-refractivity contribution < 1.29 is 9.21 Å². The molecule has 0 radical (unpaired) electrons. The molecule has 0 aromatic carbocycles. The molecule has 88 valence electrons. The van der Waals surface area contributed by atoms with E-state index in [0.29, 0.717) is 18.0 Å². The molecule has 2 heterocycles. The first kappa shape index (κ1) is 11.0. The van der Waals surface area contributed by atoms with Gasteiger partial charge in [-0.05, 0) is 39.2 Å². The topological polar surface area (TPSA) is 45.5 Å². The highest BCUT2D eigenvalue weighted by Crippen LogP contribution is 2.23. The molecule has 1 saturated heterocycles. The number of amides is 2. The molecular formula is C12H18N2O2. The van der Waals surface area contributed by atoms with Crippen molar-refractivity contribution in [1.29, 1.82) is 0 Å². The van der Waals surface area contributed by atoms with Gasteiger partial charge in [0.1, 0.15) is 0 Å². The smallest absolute Gasteiger partial charge is 0.324 e. The number of nitrogens with zero attached hydrogens (tertiary/aromatic N) is 1. The summed E-state index contributed by atoms with van der Waals surface area (Å²) in [6, 6.07) is 4.06. The van der Waals surface area contributed by atoms with Crippen molar-refractivity contribution in [2.24, 2.45) is 0 Å². The molecule has 2 unspecified atom stereocenters. The number of urea groups is 1. The number of piperidine rings is 1. The van der Waals surface area contributed by atoms with Crippen molar-refractivity contribution in [1.82, 2.24) is 4.90 Å². The SMILES string of the molecule is CC1CCCC(C)N1C(=O)Nc1ccco1. The van der Waals surface area contributed by atoms with Gasteiger partial charge in [-0.2, -0.15) is 0 Å². The van der Waals surface area contributed by atoms with Crippen molar-refractivity contribution in [2.75, 3.05) is 5.32 Å². The van der Waals surface area contributed by atoms with Gasteiger partial charge in [0.15, 0.2) is 0 Å². The van der Waals surface area contributed by atoms with Crippen molar-refractivity contribution >= 4 is 11.9 Å². The zero-order valence-electron chi connectivity index (χ0n) is 9.77. The first-order valence-corrected chi connectivity index (χ1v) is 5.81. The van der Waals surface area contributed by atoms with Crippen molar-refractivity contribution in [3.05, 3.63) is 18.4 Å². The van der Waals surface area contributed by atoms with Crippen molar-refractivity contribution in [3.63, 3.8) is 0 Å². The van der Waals surface area contributed by atoms with Crippen LogP contribution in [0.2, 0.25) is 0 Å². The quantitative estimate of drug-likeness (QED) is 0.793. The van der Waals surface area contributed by atoms with Crippen molar-refractivity contribution in [2.45, 2.75) is 45.2 Å². The van der Waals surface area contributed by atoms with Crippen LogP contribution in [0.4, 0.5) is 10.7 Å². The fraction of sp³-hybridized carbons (Fsp3) is 0.583. The standard InChI is InChI=1S/C12H18N2O2/c1-9-5-3-6-10(2)14(9)12(15)13-11-7-4-8-16-11/h4,7-10H,3,5-6H2,1-2H3,(H,13,15). The number of carbonyl (C=O) groups excluding carboxylic acids is 1. The van der Waals surface area contributed by atoms with Gasteiger partial charge >= 0.3 is 6.03 Å². The highest BCUT2D eigenvalue weighted by atomic mass is 16.3. The van der Waals surface area contributed by atoms with E-state index >= 15 is 0 Å². The second-order valence-electron chi connectivity index (χ2n) is 4.44. The predicted molar refractivity (Wildman–Crippen MR) is 62.3 cm³/mol. The van der Waals surface area contributed by atoms with Crippen LogP contribution in [-0.4, -0.2) is 23.0 Å². The molecule has 2 atom stereocenters. The zero-order valence-corrected chi connectivity index (χ0v) is 9.77. The van der Waals surface area contributed by atoms with Gasteiger partial charge < -0.3 is 9.32 Å². The Labute approximate surface area is 95.6 Å². The molecular weight excluding hydrogens is 204 g/mol. The number of nitrogens with one attached hydrogen (secondary N) is 1. The van der Waals surface area contributed by atoms with Gasteiger partial charge in [-0.3, -0.25) is 5.32 Å². The maximum Gasteiger partial charge on any atom is 0.324 e. The molecule has 0 spiro atoms. The summed E-state index contributed by atoms with van der Waals surface area (Å²) in [5.41, 5.74) is 0. The van der Waals surface area contributed by atoms with Crippen LogP contribution in [0.15, 0.2) is 22.8 Å². The molecule has 4 heteroatoms. The number of furan rings is 1. The fourth-order valence-electron chi connectivity index (χ4n) is 2.34. The zero-order chi connectivity index (χ0) is 11.5. The Kier molecular flexibility index (Phi) is 3.17. The van der Waals surface area contributed by atoms with E-state index in [9.17, 15) is 4.79 Å². The van der Waals surface area contributed by atoms with Gasteiger partial charge in [0, 0.05) is 18.2 Å². The average molecular weight is 222 g/mol. The van der Waals surface area contributed by atoms with Crippen LogP contribution in [0.25, 0.3) is 0 Å². The van der Waals surface area contributed by atoms with E-state index in [0.717, 1.165) is 12.8 Å². The molecule has 1 aliphatic rings. The number of hydrogen-bond acceptors (Lipinski definition) is 2. The minimum absolute atomic E-state index is 0.0605. The van der Waals surface area contributed by atoms with Crippen LogP contribution in [0.1, 0.15) is 33.1 Å². The van der Waals surface area contributed by atoms with Crippen molar-refractivity contribution in [3.8, 4) is 0 Å². The Morgan fingerprint density at radius 1 is 1.44 bits per heavy atom. The summed E-state index contributed by atoms with van der Waals surface area (Å²) < 4.78 is 5.11. The summed E-state index contributed by atoms with van der Waals surface area (Å²) in [5.74, 6) is 0.509. The highest BCUT2D eigenvalue weighted by molar-refractivity contribution is 5.88. The summed E-state index contributed by atoms with van der Waals surface area (Å²) in [5, 5.41) is 2.77. The number of anilines is 1. The second-order valence-corrected chi connectivity index (χ2v) is 4.44. The lowest BCUT2D eigenvalue weighted by Crippen LogP contribution is -2.49. The second kappa shape index (κ2) is 4.60. The Balaban J connectivity index is 2.02. The van der Waals surface area contributed by atoms with Gasteiger partial charge in [-0.15, -0.1) is 0 Å². The highest BCUT2D eigenvalue weighted by Gasteiger charge is 2.29. The largest absolute Gasteiger partial charge is 0.449 e. The molecule has 16 heavy (non-hydrogen) atoms. The number of likely N-dealkylation sites (tertiary alicyclic amines) is 1. The van der Waals surface area contributed by atoms with E-state index in [1.807, 2.05) is 4.90 Å². The van der Waals surface area contributed by atoms with E-state index in [-0.39, 0.29) is 6.03 Å². The van der Waals surface area contributed by atoms with E-state index < -0.39 is 0 Å². The third kappa shape index (κ3) is 2.21. The number of carbonyl (C=O) groups is 1. The molecule has 0 aliphatic carbocycles. The molecule has 2 amide bonds. The monoisotopic (exact) mass is 222 g/mol. The molecule has 1 aliphatic heterocycles. The predicted octanol–water partition coefficient (Wildman–Crippen LogP) is 3.07. The van der Waals surface area contributed by atoms with E-state index in [4.69, 9.17) is 4.42 Å². The first-order chi connectivity index (χ1) is 7.68. The Bertz CT molecular complexity index is 338. The van der Waals surface area contributed by atoms with Crippen LogP contribution < -0.4 is 5.32 Å². The number of hydrogen-bond donors (Lipinski definition) is 1. The Morgan fingerprint density at radius 2 is 2.12 bits per heavy atom. The third-order valence-corrected chi connectivity index (χ3v) is 3.18. The minimum atomic E-state index is -0.0605. The van der Waals surface area contributed by atoms with E-state index in [1.165, 1.54) is 6.42 Å². The fourth-order valence-corrected chi connectivity index (χ4v) is 2.34. The first-order valence-electron chi connectivity index (χ1n) is 5.81. The molecule has 1 fully saturated rings. The summed E-state index contributed by atoms with van der Waals surface area (Å²) in [4.78, 5) is 13.9. The molecule has 1 aromatic heterocycles. The van der Waals surface area contributed by atoms with Crippen LogP contribution in [0.5, 0.6) is 0 Å². The minimum Gasteiger partial charge on any atom is -0.449 e. The lowest BCUT2D eigenvalue weighted by molar-refractivity contribution is 0.133. The average Bonchev–Trinajstić information content (AvgIpc) is 2.70. The lowest BCUT2D eigenvalue weighted by Gasteiger charge is -2.38. The van der Waals surface area contributed by atoms with Crippen LogP contribution in [0.3, 0.4) is 0 Å². The van der Waals surface area contributed by atoms with Crippen LogP contribution in [0, 0.1) is 0 Å². The summed E-state index contributed by atoms with van der Waals surface area (Å²) in [7, 11) is 0. The Morgan fingerprint density at radius 3 is 2.69 bits per heavy atom. The summed E-state index contributed by atoms with van der Waals surface area (Å²) >= 11 is 0. The normalized spacial score (nSPS) is 25.5. The lowest BCUT2D eigenvalue weighted by atomic mass is 9.98. The third-order valence-electron chi connectivity index (χ3n) is 3.18. The van der Waals surface area contributed by atoms with Crippen LogP contribution >= 0.6 is 0 Å². The van der Waals surface area contributed by atoms with Gasteiger partial charge in [0.2, 0.25) is 5.88 Å². The molecule has 1 N–H and O–H groups in total. The molecule has 0 bridgehead atoms. The van der Waals surface area contributed by atoms with Crippen LogP contribution in [-0.2, 0) is 0 Å². The van der Waals surface area contributed by atoms with Gasteiger partial charge in [-0.1, -0.05) is 0 Å². The van der Waals surface area contributed by atoms with E-state index in [2.05, 4.69) is 19.2 Å².